The van der Waals surface area contributed by atoms with Crippen LogP contribution in [0.2, 0.25) is 0 Å². The smallest absolute Gasteiger partial charge is 0.305 e. The summed E-state index contributed by atoms with van der Waals surface area (Å²) in [5.41, 5.74) is -0.361. The molecule has 1 atom stereocenters. The van der Waals surface area contributed by atoms with Crippen LogP contribution in [0.15, 0.2) is 0 Å². The average Bonchev–Trinajstić information content (AvgIpc) is 2.08. The van der Waals surface area contributed by atoms with Gasteiger partial charge in [0.25, 0.3) is 0 Å². The van der Waals surface area contributed by atoms with E-state index in [2.05, 4.69) is 5.32 Å². The lowest BCUT2D eigenvalue weighted by molar-refractivity contribution is -0.137. The molecule has 0 aromatic heterocycles. The molecule has 0 radical (unpaired) electrons. The fourth-order valence-corrected chi connectivity index (χ4v) is 1.20. The van der Waals surface area contributed by atoms with Gasteiger partial charge in [-0.25, -0.2) is 0 Å². The van der Waals surface area contributed by atoms with Crippen molar-refractivity contribution in [2.45, 2.75) is 32.0 Å². The highest BCUT2D eigenvalue weighted by molar-refractivity contribution is 5.67. The van der Waals surface area contributed by atoms with Gasteiger partial charge in [-0.2, -0.15) is 0 Å². The molecule has 2 N–H and O–H groups in total. The molecule has 0 spiro atoms. The minimum Gasteiger partial charge on any atom is -0.481 e. The Labute approximate surface area is 65.5 Å². The second-order valence-corrected chi connectivity index (χ2v) is 3.26. The van der Waals surface area contributed by atoms with Gasteiger partial charge in [-0.1, -0.05) is 0 Å². The highest BCUT2D eigenvalue weighted by Gasteiger charge is 2.31. The number of carboxylic acids is 1. The van der Waals surface area contributed by atoms with Gasteiger partial charge in [0.2, 0.25) is 0 Å². The molecule has 1 unspecified atom stereocenters. The van der Waals surface area contributed by atoms with E-state index in [1.807, 2.05) is 13.8 Å². The molecular weight excluding hydrogens is 146 g/mol. The van der Waals surface area contributed by atoms with Crippen molar-refractivity contribution in [3.63, 3.8) is 0 Å². The van der Waals surface area contributed by atoms with Crippen LogP contribution in [0.3, 0.4) is 0 Å². The topological polar surface area (TPSA) is 58.6 Å². The molecule has 0 aromatic carbocycles. The van der Waals surface area contributed by atoms with E-state index in [9.17, 15) is 4.79 Å². The van der Waals surface area contributed by atoms with Gasteiger partial charge in [0.05, 0.1) is 13.0 Å². The predicted octanol–water partition coefficient (Wildman–Crippen LogP) is 0.186. The van der Waals surface area contributed by atoms with E-state index in [-0.39, 0.29) is 18.2 Å². The number of hydrogen-bond donors (Lipinski definition) is 2. The summed E-state index contributed by atoms with van der Waals surface area (Å²) in [5, 5.41) is 11.5. The van der Waals surface area contributed by atoms with Crippen LogP contribution < -0.4 is 5.32 Å². The monoisotopic (exact) mass is 159 g/mol. The zero-order valence-corrected chi connectivity index (χ0v) is 6.76. The van der Waals surface area contributed by atoms with Crippen molar-refractivity contribution in [2.24, 2.45) is 0 Å². The summed E-state index contributed by atoms with van der Waals surface area (Å²) in [4.78, 5) is 10.3. The maximum Gasteiger partial charge on any atom is 0.305 e. The van der Waals surface area contributed by atoms with Gasteiger partial charge in [-0.05, 0) is 13.8 Å². The summed E-state index contributed by atoms with van der Waals surface area (Å²) in [6, 6.07) is -0.0394. The molecule has 0 bridgehead atoms. The summed E-state index contributed by atoms with van der Waals surface area (Å²) < 4.78 is 5.28. The lowest BCUT2D eigenvalue weighted by Crippen LogP contribution is -2.39. The zero-order chi connectivity index (χ0) is 8.48. The SMILES string of the molecule is CC1(C)NC(CC(=O)O)CO1. The van der Waals surface area contributed by atoms with Gasteiger partial charge < -0.3 is 9.84 Å². The molecule has 4 nitrogen and oxygen atoms in total. The first kappa shape index (κ1) is 8.49. The maximum absolute atomic E-state index is 10.3. The Morgan fingerprint density at radius 2 is 2.45 bits per heavy atom. The van der Waals surface area contributed by atoms with Gasteiger partial charge in [-0.15, -0.1) is 0 Å². The lowest BCUT2D eigenvalue weighted by atomic mass is 10.2. The van der Waals surface area contributed by atoms with Gasteiger partial charge >= 0.3 is 5.97 Å². The lowest BCUT2D eigenvalue weighted by Gasteiger charge is -2.17. The molecule has 1 saturated heterocycles. The Hall–Kier alpha value is -0.610. The number of ether oxygens (including phenoxy) is 1. The van der Waals surface area contributed by atoms with Crippen LogP contribution >= 0.6 is 0 Å². The van der Waals surface area contributed by atoms with E-state index in [4.69, 9.17) is 9.84 Å². The average molecular weight is 159 g/mol. The van der Waals surface area contributed by atoms with E-state index in [1.165, 1.54) is 0 Å². The fraction of sp³-hybridized carbons (Fsp3) is 0.857. The zero-order valence-electron chi connectivity index (χ0n) is 6.76. The Morgan fingerprint density at radius 1 is 1.82 bits per heavy atom. The molecule has 0 aliphatic carbocycles. The van der Waals surface area contributed by atoms with Crippen molar-refractivity contribution in [3.05, 3.63) is 0 Å². The molecule has 11 heavy (non-hydrogen) atoms. The van der Waals surface area contributed by atoms with Gasteiger partial charge in [0, 0.05) is 6.04 Å². The van der Waals surface area contributed by atoms with Crippen molar-refractivity contribution in [1.82, 2.24) is 5.32 Å². The third kappa shape index (κ3) is 2.48. The first-order chi connectivity index (χ1) is 4.99. The fourth-order valence-electron chi connectivity index (χ4n) is 1.20. The Balaban J connectivity index is 2.36. The summed E-state index contributed by atoms with van der Waals surface area (Å²) in [5.74, 6) is -0.788. The van der Waals surface area contributed by atoms with E-state index < -0.39 is 5.97 Å². The summed E-state index contributed by atoms with van der Waals surface area (Å²) >= 11 is 0. The van der Waals surface area contributed by atoms with E-state index >= 15 is 0 Å². The van der Waals surface area contributed by atoms with E-state index in [0.29, 0.717) is 6.61 Å². The number of carboxylic acid groups (broad SMARTS) is 1. The van der Waals surface area contributed by atoms with E-state index in [0.717, 1.165) is 0 Å². The number of hydrogen-bond acceptors (Lipinski definition) is 3. The van der Waals surface area contributed by atoms with Gasteiger partial charge in [0.15, 0.2) is 0 Å². The van der Waals surface area contributed by atoms with Crippen molar-refractivity contribution in [2.75, 3.05) is 6.61 Å². The minimum atomic E-state index is -0.788. The molecule has 1 aliphatic heterocycles. The summed E-state index contributed by atoms with van der Waals surface area (Å²) in [7, 11) is 0. The maximum atomic E-state index is 10.3. The quantitative estimate of drug-likeness (QED) is 0.603. The molecule has 1 heterocycles. The van der Waals surface area contributed by atoms with Gasteiger partial charge in [-0.3, -0.25) is 10.1 Å². The van der Waals surface area contributed by atoms with Crippen LogP contribution in [0.25, 0.3) is 0 Å². The third-order valence-electron chi connectivity index (χ3n) is 1.62. The van der Waals surface area contributed by atoms with Crippen LogP contribution in [0.4, 0.5) is 0 Å². The van der Waals surface area contributed by atoms with Crippen molar-refractivity contribution in [3.8, 4) is 0 Å². The normalized spacial score (nSPS) is 28.7. The standard InChI is InChI=1S/C7H13NO3/c1-7(2)8-5(4-11-7)3-6(9)10/h5,8H,3-4H2,1-2H3,(H,9,10). The minimum absolute atomic E-state index is 0.0394. The van der Waals surface area contributed by atoms with E-state index in [1.54, 1.807) is 0 Å². The van der Waals surface area contributed by atoms with Crippen LogP contribution in [0.1, 0.15) is 20.3 Å². The number of rotatable bonds is 2. The van der Waals surface area contributed by atoms with Crippen molar-refractivity contribution < 1.29 is 14.6 Å². The summed E-state index contributed by atoms with van der Waals surface area (Å²) in [6.07, 6.45) is 0.128. The Morgan fingerprint density at radius 3 is 2.82 bits per heavy atom. The van der Waals surface area contributed by atoms with Crippen LogP contribution in [0, 0.1) is 0 Å². The number of carbonyl (C=O) groups is 1. The molecule has 4 heteroatoms. The highest BCUT2D eigenvalue weighted by Crippen LogP contribution is 2.15. The van der Waals surface area contributed by atoms with Crippen LogP contribution in [-0.2, 0) is 9.53 Å². The van der Waals surface area contributed by atoms with Crippen LogP contribution in [0.5, 0.6) is 0 Å². The number of aliphatic carboxylic acids is 1. The Bertz CT molecular complexity index is 167. The second-order valence-electron chi connectivity index (χ2n) is 3.26. The number of nitrogens with one attached hydrogen (secondary N) is 1. The molecule has 0 aromatic rings. The Kier molecular flexibility index (Phi) is 2.15. The first-order valence-electron chi connectivity index (χ1n) is 3.63. The second kappa shape index (κ2) is 2.79. The summed E-state index contributed by atoms with van der Waals surface area (Å²) in [6.45, 7) is 4.25. The van der Waals surface area contributed by atoms with Gasteiger partial charge in [0.1, 0.15) is 5.72 Å². The van der Waals surface area contributed by atoms with Crippen LogP contribution in [-0.4, -0.2) is 29.4 Å². The molecule has 0 saturated carbocycles. The molecule has 64 valence electrons. The molecule has 1 fully saturated rings. The van der Waals surface area contributed by atoms with Crippen molar-refractivity contribution in [1.29, 1.82) is 0 Å². The molecule has 0 amide bonds. The molecule has 1 rings (SSSR count). The predicted molar refractivity (Wildman–Crippen MR) is 39.2 cm³/mol. The molecule has 1 aliphatic rings. The third-order valence-corrected chi connectivity index (χ3v) is 1.62. The molecular formula is C7H13NO3. The largest absolute Gasteiger partial charge is 0.481 e. The first-order valence-corrected chi connectivity index (χ1v) is 3.63. The highest BCUT2D eigenvalue weighted by atomic mass is 16.5. The van der Waals surface area contributed by atoms with Crippen molar-refractivity contribution >= 4 is 5.97 Å².